The Morgan fingerprint density at radius 2 is 2.00 bits per heavy atom. The van der Waals surface area contributed by atoms with Crippen molar-refractivity contribution in [1.29, 1.82) is 0 Å². The molecule has 1 amide bonds. The van der Waals surface area contributed by atoms with E-state index in [1.165, 1.54) is 19.4 Å². The van der Waals surface area contributed by atoms with E-state index >= 15 is 0 Å². The van der Waals surface area contributed by atoms with Gasteiger partial charge in [-0.15, -0.1) is 0 Å². The van der Waals surface area contributed by atoms with E-state index in [1.807, 2.05) is 6.92 Å². The van der Waals surface area contributed by atoms with E-state index in [1.54, 1.807) is 13.8 Å². The topological polar surface area (TPSA) is 67.2 Å². The van der Waals surface area contributed by atoms with Crippen LogP contribution in [0.1, 0.15) is 39.4 Å². The molecule has 0 saturated carbocycles. The zero-order valence-corrected chi connectivity index (χ0v) is 13.2. The summed E-state index contributed by atoms with van der Waals surface area (Å²) < 4.78 is 40.9. The van der Waals surface area contributed by atoms with Gasteiger partial charge in [0.2, 0.25) is 11.5 Å². The molecule has 1 heterocycles. The van der Waals surface area contributed by atoms with Crippen LogP contribution in [0.15, 0.2) is 12.4 Å². The standard InChI is InChI=1S/C14H22F3N3O2/c1-5-12(2,3)11(21)19-7-6-13(22,14(15,16)17)10-18-8-9-20(10)4/h8-9,22H,5-7H2,1-4H3,(H,19,21). The number of rotatable bonds is 6. The highest BCUT2D eigenvalue weighted by Gasteiger charge is 2.57. The monoisotopic (exact) mass is 321 g/mol. The molecule has 0 radical (unpaired) electrons. The number of halogens is 3. The average molecular weight is 321 g/mol. The molecule has 0 saturated heterocycles. The van der Waals surface area contributed by atoms with Crippen LogP contribution in [0, 0.1) is 5.41 Å². The predicted octanol–water partition coefficient (Wildman–Crippen LogP) is 2.11. The molecule has 0 aromatic carbocycles. The molecule has 0 spiro atoms. The van der Waals surface area contributed by atoms with Gasteiger partial charge in [-0.2, -0.15) is 13.2 Å². The summed E-state index contributed by atoms with van der Waals surface area (Å²) in [5.74, 6) is -0.844. The second kappa shape index (κ2) is 6.28. The van der Waals surface area contributed by atoms with Crippen LogP contribution in [0.4, 0.5) is 13.2 Å². The third-order valence-corrected chi connectivity index (χ3v) is 3.93. The Bertz CT molecular complexity index is 526. The minimum absolute atomic E-state index is 0.300. The van der Waals surface area contributed by atoms with E-state index in [0.29, 0.717) is 6.42 Å². The number of amides is 1. The van der Waals surface area contributed by atoms with Gasteiger partial charge in [-0.3, -0.25) is 4.79 Å². The van der Waals surface area contributed by atoms with Crippen molar-refractivity contribution < 1.29 is 23.1 Å². The first-order chi connectivity index (χ1) is 9.95. The van der Waals surface area contributed by atoms with Gasteiger partial charge in [-0.25, -0.2) is 4.98 Å². The number of hydrogen-bond acceptors (Lipinski definition) is 3. The lowest BCUT2D eigenvalue weighted by molar-refractivity contribution is -0.272. The minimum Gasteiger partial charge on any atom is -0.374 e. The molecule has 126 valence electrons. The summed E-state index contributed by atoms with van der Waals surface area (Å²) in [7, 11) is 1.37. The molecule has 1 aromatic rings. The maximum Gasteiger partial charge on any atom is 0.424 e. The van der Waals surface area contributed by atoms with E-state index in [4.69, 9.17) is 0 Å². The van der Waals surface area contributed by atoms with Crippen LogP contribution in [0.3, 0.4) is 0 Å². The van der Waals surface area contributed by atoms with Crippen LogP contribution < -0.4 is 5.32 Å². The summed E-state index contributed by atoms with van der Waals surface area (Å²) in [5, 5.41) is 12.5. The normalized spacial score (nSPS) is 15.5. The molecule has 1 rings (SSSR count). The molecule has 1 aromatic heterocycles. The van der Waals surface area contributed by atoms with Gasteiger partial charge in [-0.1, -0.05) is 20.8 Å². The van der Waals surface area contributed by atoms with E-state index < -0.39 is 29.4 Å². The largest absolute Gasteiger partial charge is 0.424 e. The zero-order chi connectivity index (χ0) is 17.2. The van der Waals surface area contributed by atoms with Crippen molar-refractivity contribution >= 4 is 5.91 Å². The number of hydrogen-bond donors (Lipinski definition) is 2. The summed E-state index contributed by atoms with van der Waals surface area (Å²) >= 11 is 0. The molecule has 1 atom stereocenters. The Morgan fingerprint density at radius 3 is 2.41 bits per heavy atom. The number of carbonyl (C=O) groups excluding carboxylic acids is 1. The Balaban J connectivity index is 2.86. The molecular weight excluding hydrogens is 299 g/mol. The lowest BCUT2D eigenvalue weighted by Gasteiger charge is -2.30. The first-order valence-corrected chi connectivity index (χ1v) is 7.01. The van der Waals surface area contributed by atoms with Crippen molar-refractivity contribution in [3.63, 3.8) is 0 Å². The van der Waals surface area contributed by atoms with Gasteiger partial charge >= 0.3 is 6.18 Å². The van der Waals surface area contributed by atoms with E-state index in [-0.39, 0.29) is 12.5 Å². The SMILES string of the molecule is CCC(C)(C)C(=O)NCCC(O)(c1nccn1C)C(F)(F)F. The van der Waals surface area contributed by atoms with E-state index in [9.17, 15) is 23.1 Å². The summed E-state index contributed by atoms with van der Waals surface area (Å²) in [6, 6.07) is 0. The smallest absolute Gasteiger partial charge is 0.374 e. The highest BCUT2D eigenvalue weighted by Crippen LogP contribution is 2.40. The van der Waals surface area contributed by atoms with E-state index in [2.05, 4.69) is 10.3 Å². The number of nitrogens with zero attached hydrogens (tertiary/aromatic N) is 2. The lowest BCUT2D eigenvalue weighted by atomic mass is 9.89. The summed E-state index contributed by atoms with van der Waals surface area (Å²) in [4.78, 5) is 15.5. The maximum atomic E-state index is 13.3. The molecular formula is C14H22F3N3O2. The minimum atomic E-state index is -4.89. The molecule has 0 aliphatic carbocycles. The highest BCUT2D eigenvalue weighted by atomic mass is 19.4. The summed E-state index contributed by atoms with van der Waals surface area (Å²) in [6.07, 6.45) is -2.53. The fourth-order valence-corrected chi connectivity index (χ4v) is 1.90. The van der Waals surface area contributed by atoms with Crippen LogP contribution in [0.25, 0.3) is 0 Å². The Hall–Kier alpha value is -1.57. The first kappa shape index (κ1) is 18.5. The molecule has 0 bridgehead atoms. The predicted molar refractivity (Wildman–Crippen MR) is 74.9 cm³/mol. The molecule has 0 aliphatic rings. The number of alkyl halides is 3. The lowest BCUT2D eigenvalue weighted by Crippen LogP contribution is -2.47. The number of aromatic nitrogens is 2. The third kappa shape index (κ3) is 3.60. The van der Waals surface area contributed by atoms with Gasteiger partial charge in [0.05, 0.1) is 0 Å². The van der Waals surface area contributed by atoms with E-state index in [0.717, 1.165) is 4.57 Å². The van der Waals surface area contributed by atoms with Crippen molar-refractivity contribution in [3.8, 4) is 0 Å². The van der Waals surface area contributed by atoms with Crippen molar-refractivity contribution in [1.82, 2.24) is 14.9 Å². The molecule has 2 N–H and O–H groups in total. The Labute approximate surface area is 127 Å². The van der Waals surface area contributed by atoms with Gasteiger partial charge in [-0.05, 0) is 6.42 Å². The number of aliphatic hydroxyl groups is 1. The molecule has 1 unspecified atom stereocenters. The zero-order valence-electron chi connectivity index (χ0n) is 13.2. The van der Waals surface area contributed by atoms with Crippen LogP contribution in [0.5, 0.6) is 0 Å². The summed E-state index contributed by atoms with van der Waals surface area (Å²) in [6.45, 7) is 4.93. The second-order valence-corrected chi connectivity index (χ2v) is 5.96. The number of imidazole rings is 1. The van der Waals surface area contributed by atoms with Gasteiger partial charge in [0, 0.05) is 37.8 Å². The fourth-order valence-electron chi connectivity index (χ4n) is 1.90. The van der Waals surface area contributed by atoms with Crippen molar-refractivity contribution in [2.75, 3.05) is 6.54 Å². The van der Waals surface area contributed by atoms with Gasteiger partial charge in [0.15, 0.2) is 0 Å². The fraction of sp³-hybridized carbons (Fsp3) is 0.714. The average Bonchev–Trinajstić information content (AvgIpc) is 2.83. The van der Waals surface area contributed by atoms with Crippen LogP contribution in [-0.2, 0) is 17.4 Å². The van der Waals surface area contributed by atoms with Gasteiger partial charge < -0.3 is 15.0 Å². The van der Waals surface area contributed by atoms with Crippen LogP contribution in [0.2, 0.25) is 0 Å². The number of carbonyl (C=O) groups is 1. The van der Waals surface area contributed by atoms with Crippen LogP contribution >= 0.6 is 0 Å². The van der Waals surface area contributed by atoms with Crippen LogP contribution in [-0.4, -0.2) is 33.3 Å². The first-order valence-electron chi connectivity index (χ1n) is 7.01. The second-order valence-electron chi connectivity index (χ2n) is 5.96. The van der Waals surface area contributed by atoms with Crippen molar-refractivity contribution in [3.05, 3.63) is 18.2 Å². The Kier molecular flexibility index (Phi) is 5.27. The highest BCUT2D eigenvalue weighted by molar-refractivity contribution is 5.81. The van der Waals surface area contributed by atoms with Crippen molar-refractivity contribution in [2.24, 2.45) is 12.5 Å². The number of aryl methyl sites for hydroxylation is 1. The van der Waals surface area contributed by atoms with Gasteiger partial charge in [0.25, 0.3) is 0 Å². The maximum absolute atomic E-state index is 13.3. The molecule has 0 aliphatic heterocycles. The van der Waals surface area contributed by atoms with Gasteiger partial charge in [0.1, 0.15) is 5.82 Å². The molecule has 22 heavy (non-hydrogen) atoms. The molecule has 8 heteroatoms. The summed E-state index contributed by atoms with van der Waals surface area (Å²) in [5.41, 5.74) is -3.77. The molecule has 0 fully saturated rings. The van der Waals surface area contributed by atoms with Crippen molar-refractivity contribution in [2.45, 2.75) is 45.4 Å². The Morgan fingerprint density at radius 1 is 1.41 bits per heavy atom. The quantitative estimate of drug-likeness (QED) is 0.843. The molecule has 5 nitrogen and oxygen atoms in total. The number of nitrogens with one attached hydrogen (secondary N) is 1. The third-order valence-electron chi connectivity index (χ3n) is 3.93.